The average molecular weight is 559 g/mol. The molecule has 0 aliphatic carbocycles. The van der Waals surface area contributed by atoms with Crippen molar-refractivity contribution < 1.29 is 44.2 Å². The molecule has 1 fully saturated rings. The van der Waals surface area contributed by atoms with Crippen molar-refractivity contribution in [3.05, 3.63) is 12.2 Å². The van der Waals surface area contributed by atoms with Gasteiger partial charge in [-0.2, -0.15) is 0 Å². The SMILES string of the molecule is CCCCCC/C=C\CCCC(CC(=O)OC(CCCCCCC)CC(=O)O)O[C@@H]1O[C@@H](C)[C@H](O)[C@@H](O)[C@H]1O. The van der Waals surface area contributed by atoms with Gasteiger partial charge in [0.2, 0.25) is 0 Å². The molecule has 0 saturated carbocycles. The second-order valence-electron chi connectivity index (χ2n) is 10.8. The summed E-state index contributed by atoms with van der Waals surface area (Å²) in [6.45, 7) is 5.88. The van der Waals surface area contributed by atoms with E-state index in [0.29, 0.717) is 12.8 Å². The van der Waals surface area contributed by atoms with Gasteiger partial charge in [-0.05, 0) is 51.9 Å². The molecule has 1 heterocycles. The van der Waals surface area contributed by atoms with Gasteiger partial charge in [0.15, 0.2) is 6.29 Å². The summed E-state index contributed by atoms with van der Waals surface area (Å²) in [7, 11) is 0. The highest BCUT2D eigenvalue weighted by molar-refractivity contribution is 5.72. The molecule has 9 heteroatoms. The summed E-state index contributed by atoms with van der Waals surface area (Å²) in [5, 5.41) is 39.8. The Labute approximate surface area is 234 Å². The Morgan fingerprint density at radius 1 is 0.769 bits per heavy atom. The topological polar surface area (TPSA) is 143 Å². The van der Waals surface area contributed by atoms with Gasteiger partial charge in [-0.15, -0.1) is 0 Å². The standard InChI is InChI=1S/C30H54O9/c1-4-6-8-10-11-12-13-15-17-19-24(39-30-29(36)28(35)27(34)22(3)37-30)21-26(33)38-23(20-25(31)32)18-16-14-9-7-5-2/h12-13,22-24,27-30,34-36H,4-11,14-21H2,1-3H3,(H,31,32)/b13-12-/t22-,23?,24?,27-,28+,29+,30-/m0/s1. The van der Waals surface area contributed by atoms with E-state index in [0.717, 1.165) is 51.4 Å². The smallest absolute Gasteiger partial charge is 0.308 e. The van der Waals surface area contributed by atoms with Crippen LogP contribution in [0.4, 0.5) is 0 Å². The second-order valence-corrected chi connectivity index (χ2v) is 10.8. The number of aliphatic hydroxyl groups excluding tert-OH is 3. The van der Waals surface area contributed by atoms with Gasteiger partial charge in [0.1, 0.15) is 24.4 Å². The van der Waals surface area contributed by atoms with Gasteiger partial charge >= 0.3 is 11.9 Å². The van der Waals surface area contributed by atoms with Crippen molar-refractivity contribution in [2.75, 3.05) is 0 Å². The van der Waals surface area contributed by atoms with Crippen LogP contribution in [0.15, 0.2) is 12.2 Å². The quantitative estimate of drug-likeness (QED) is 0.0817. The molecule has 228 valence electrons. The summed E-state index contributed by atoms with van der Waals surface area (Å²) in [5.41, 5.74) is 0. The van der Waals surface area contributed by atoms with Gasteiger partial charge < -0.3 is 34.6 Å². The van der Waals surface area contributed by atoms with Crippen LogP contribution >= 0.6 is 0 Å². The number of unbranched alkanes of at least 4 members (excludes halogenated alkanes) is 9. The lowest BCUT2D eigenvalue weighted by Gasteiger charge is -2.40. The van der Waals surface area contributed by atoms with Crippen molar-refractivity contribution in [2.45, 2.75) is 166 Å². The predicted octanol–water partition coefficient (Wildman–Crippen LogP) is 5.03. The van der Waals surface area contributed by atoms with E-state index < -0.39 is 54.9 Å². The van der Waals surface area contributed by atoms with E-state index >= 15 is 0 Å². The van der Waals surface area contributed by atoms with Crippen LogP contribution in [0.2, 0.25) is 0 Å². The van der Waals surface area contributed by atoms with E-state index in [1.165, 1.54) is 25.7 Å². The molecular formula is C30H54O9. The van der Waals surface area contributed by atoms with Crippen LogP contribution in [0.1, 0.15) is 124 Å². The molecule has 0 aromatic heterocycles. The zero-order valence-electron chi connectivity index (χ0n) is 24.3. The molecule has 1 rings (SSSR count). The maximum absolute atomic E-state index is 12.8. The number of hydrogen-bond acceptors (Lipinski definition) is 8. The Balaban J connectivity index is 2.71. The predicted molar refractivity (Wildman–Crippen MR) is 149 cm³/mol. The third-order valence-electron chi connectivity index (χ3n) is 7.15. The first-order chi connectivity index (χ1) is 18.7. The molecule has 0 radical (unpaired) electrons. The van der Waals surface area contributed by atoms with E-state index in [2.05, 4.69) is 26.0 Å². The van der Waals surface area contributed by atoms with Crippen LogP contribution in [0.25, 0.3) is 0 Å². The number of ether oxygens (including phenoxy) is 3. The minimum atomic E-state index is -1.47. The number of rotatable bonds is 22. The summed E-state index contributed by atoms with van der Waals surface area (Å²) in [5.74, 6) is -1.58. The molecule has 2 unspecified atom stereocenters. The number of carbonyl (C=O) groups excluding carboxylic acids is 1. The highest BCUT2D eigenvalue weighted by atomic mass is 16.7. The van der Waals surface area contributed by atoms with Crippen LogP contribution < -0.4 is 0 Å². The number of carboxylic acid groups (broad SMARTS) is 1. The number of carboxylic acids is 1. The second kappa shape index (κ2) is 21.3. The first-order valence-corrected chi connectivity index (χ1v) is 15.1. The summed E-state index contributed by atoms with van der Waals surface area (Å²) in [6, 6.07) is 0. The number of esters is 1. The minimum absolute atomic E-state index is 0.133. The molecule has 1 saturated heterocycles. The summed E-state index contributed by atoms with van der Waals surface area (Å²) < 4.78 is 17.1. The van der Waals surface area contributed by atoms with Crippen LogP contribution in [-0.2, 0) is 23.8 Å². The van der Waals surface area contributed by atoms with Crippen molar-refractivity contribution in [1.82, 2.24) is 0 Å². The molecule has 0 bridgehead atoms. The first kappa shape index (κ1) is 35.5. The molecule has 0 spiro atoms. The number of aliphatic carboxylic acids is 1. The van der Waals surface area contributed by atoms with Gasteiger partial charge in [0, 0.05) is 0 Å². The van der Waals surface area contributed by atoms with Crippen molar-refractivity contribution in [1.29, 1.82) is 0 Å². The van der Waals surface area contributed by atoms with Crippen molar-refractivity contribution >= 4 is 11.9 Å². The van der Waals surface area contributed by atoms with Gasteiger partial charge in [0.25, 0.3) is 0 Å². The molecule has 4 N–H and O–H groups in total. The van der Waals surface area contributed by atoms with E-state index in [1.807, 2.05) is 0 Å². The van der Waals surface area contributed by atoms with Crippen molar-refractivity contribution in [2.24, 2.45) is 0 Å². The lowest BCUT2D eigenvalue weighted by atomic mass is 10.00. The van der Waals surface area contributed by atoms with E-state index in [9.17, 15) is 30.0 Å². The minimum Gasteiger partial charge on any atom is -0.481 e. The zero-order chi connectivity index (χ0) is 29.0. The molecule has 1 aliphatic rings. The maximum atomic E-state index is 12.8. The van der Waals surface area contributed by atoms with Crippen molar-refractivity contribution in [3.63, 3.8) is 0 Å². The third kappa shape index (κ3) is 15.7. The molecule has 0 aromatic rings. The van der Waals surface area contributed by atoms with E-state index in [1.54, 1.807) is 6.92 Å². The van der Waals surface area contributed by atoms with E-state index in [4.69, 9.17) is 14.2 Å². The lowest BCUT2D eigenvalue weighted by molar-refractivity contribution is -0.304. The Hall–Kier alpha value is -1.52. The number of aliphatic hydroxyl groups is 3. The van der Waals surface area contributed by atoms with E-state index in [-0.39, 0.29) is 12.8 Å². The fraction of sp³-hybridized carbons (Fsp3) is 0.867. The largest absolute Gasteiger partial charge is 0.481 e. The molecule has 7 atom stereocenters. The van der Waals surface area contributed by atoms with Crippen molar-refractivity contribution in [3.8, 4) is 0 Å². The maximum Gasteiger partial charge on any atom is 0.308 e. The number of carbonyl (C=O) groups is 2. The number of allylic oxidation sites excluding steroid dienone is 2. The van der Waals surface area contributed by atoms with Gasteiger partial charge in [-0.25, -0.2) is 0 Å². The van der Waals surface area contributed by atoms with Crippen LogP contribution in [0.5, 0.6) is 0 Å². The Bertz CT molecular complexity index is 683. The molecule has 0 amide bonds. The monoisotopic (exact) mass is 558 g/mol. The normalized spacial score (nSPS) is 25.0. The van der Waals surface area contributed by atoms with Gasteiger partial charge in [0.05, 0.1) is 25.0 Å². The summed E-state index contributed by atoms with van der Waals surface area (Å²) in [6.07, 6.45) is 9.83. The molecule has 9 nitrogen and oxygen atoms in total. The number of hydrogen-bond donors (Lipinski definition) is 4. The van der Waals surface area contributed by atoms with Gasteiger partial charge in [-0.3, -0.25) is 9.59 Å². The fourth-order valence-electron chi connectivity index (χ4n) is 4.71. The molecule has 39 heavy (non-hydrogen) atoms. The van der Waals surface area contributed by atoms with Crippen LogP contribution in [0, 0.1) is 0 Å². The lowest BCUT2D eigenvalue weighted by Crippen LogP contribution is -2.58. The summed E-state index contributed by atoms with van der Waals surface area (Å²) >= 11 is 0. The average Bonchev–Trinajstić information content (AvgIpc) is 2.88. The Kier molecular flexibility index (Phi) is 19.4. The zero-order valence-corrected chi connectivity index (χ0v) is 24.3. The van der Waals surface area contributed by atoms with Crippen LogP contribution in [0.3, 0.4) is 0 Å². The van der Waals surface area contributed by atoms with Crippen LogP contribution in [-0.4, -0.2) is 75.3 Å². The third-order valence-corrected chi connectivity index (χ3v) is 7.15. The highest BCUT2D eigenvalue weighted by Gasteiger charge is 2.43. The molecule has 0 aromatic carbocycles. The van der Waals surface area contributed by atoms with Gasteiger partial charge in [-0.1, -0.05) is 70.9 Å². The first-order valence-electron chi connectivity index (χ1n) is 15.1. The Morgan fingerprint density at radius 2 is 1.36 bits per heavy atom. The molecule has 1 aliphatic heterocycles. The molecular weight excluding hydrogens is 504 g/mol. The highest BCUT2D eigenvalue weighted by Crippen LogP contribution is 2.25. The Morgan fingerprint density at radius 3 is 2.00 bits per heavy atom. The fourth-order valence-corrected chi connectivity index (χ4v) is 4.71. The summed E-state index contributed by atoms with van der Waals surface area (Å²) in [4.78, 5) is 24.2.